The highest BCUT2D eigenvalue weighted by atomic mass is 19.1. The third-order valence-corrected chi connectivity index (χ3v) is 5.26. The number of benzene rings is 1. The third-order valence-electron chi connectivity index (χ3n) is 5.26. The minimum atomic E-state index is -0.574. The molecule has 0 bridgehead atoms. The summed E-state index contributed by atoms with van der Waals surface area (Å²) < 4.78 is 24.4. The third kappa shape index (κ3) is 8.54. The molecule has 1 heterocycles. The fourth-order valence-corrected chi connectivity index (χ4v) is 3.43. The summed E-state index contributed by atoms with van der Waals surface area (Å²) >= 11 is 0. The fraction of sp³-hybridized carbons (Fsp3) is 0.400. The zero-order valence-corrected chi connectivity index (χ0v) is 19.0. The molecule has 0 atom stereocenters. The molecule has 0 spiro atoms. The van der Waals surface area contributed by atoms with Gasteiger partial charge in [-0.15, -0.1) is 0 Å². The van der Waals surface area contributed by atoms with E-state index in [2.05, 4.69) is 11.5 Å². The Balaban J connectivity index is 1.68. The number of rotatable bonds is 11. The Kier molecular flexibility index (Phi) is 10.8. The SMILES string of the molecule is C=C/C=C/C(=O)OC/C=C/CCCN1CCN(C(=O)Cc2cc(OC)c(C#N)cc2F)CC1. The standard InChI is InChI=1S/C25H30FN3O4/c1-3-4-9-25(31)33-15-8-6-5-7-10-28-11-13-29(14-12-28)24(30)18-20-17-23(32-2)21(19-27)16-22(20)26/h3-4,6,8-9,16-17H,1,5,7,10-15,18H2,2H3/b8-6+,9-4+. The molecule has 7 nitrogen and oxygen atoms in total. The van der Waals surface area contributed by atoms with Crippen molar-refractivity contribution in [2.45, 2.75) is 19.3 Å². The number of esters is 1. The van der Waals surface area contributed by atoms with Crippen molar-refractivity contribution in [1.82, 2.24) is 9.80 Å². The number of piperazine rings is 1. The number of nitrogens with zero attached hydrogens (tertiary/aromatic N) is 3. The lowest BCUT2D eigenvalue weighted by Crippen LogP contribution is -2.49. The highest BCUT2D eigenvalue weighted by Gasteiger charge is 2.22. The van der Waals surface area contributed by atoms with Crippen LogP contribution in [0.15, 0.2) is 49.1 Å². The first kappa shape index (κ1) is 25.8. The Hall–Kier alpha value is -3.44. The number of carbonyl (C=O) groups excluding carboxylic acids is 2. The summed E-state index contributed by atoms with van der Waals surface area (Å²) in [6.07, 6.45) is 9.96. The van der Waals surface area contributed by atoms with Crippen LogP contribution in [0.4, 0.5) is 4.39 Å². The molecule has 0 saturated carbocycles. The van der Waals surface area contributed by atoms with E-state index in [0.717, 1.165) is 38.5 Å². The lowest BCUT2D eigenvalue weighted by molar-refractivity contribution is -0.136. The van der Waals surface area contributed by atoms with Crippen LogP contribution in [-0.4, -0.2) is 68.1 Å². The average molecular weight is 456 g/mol. The van der Waals surface area contributed by atoms with Gasteiger partial charge in [-0.3, -0.25) is 9.69 Å². The molecule has 1 aromatic carbocycles. The maximum atomic E-state index is 14.3. The van der Waals surface area contributed by atoms with Gasteiger partial charge in [-0.2, -0.15) is 5.26 Å². The van der Waals surface area contributed by atoms with E-state index >= 15 is 0 Å². The molecule has 0 N–H and O–H groups in total. The molecule has 1 fully saturated rings. The van der Waals surface area contributed by atoms with Crippen molar-refractivity contribution in [2.75, 3.05) is 46.4 Å². The average Bonchev–Trinajstić information content (AvgIpc) is 2.83. The number of hydrogen-bond donors (Lipinski definition) is 0. The van der Waals surface area contributed by atoms with E-state index in [9.17, 15) is 14.0 Å². The van der Waals surface area contributed by atoms with Gasteiger partial charge in [-0.1, -0.05) is 30.9 Å². The van der Waals surface area contributed by atoms with E-state index in [1.54, 1.807) is 4.90 Å². The van der Waals surface area contributed by atoms with Crippen molar-refractivity contribution in [1.29, 1.82) is 5.26 Å². The molecule has 33 heavy (non-hydrogen) atoms. The highest BCUT2D eigenvalue weighted by Crippen LogP contribution is 2.23. The summed E-state index contributed by atoms with van der Waals surface area (Å²) in [5, 5.41) is 9.03. The Morgan fingerprint density at radius 3 is 2.67 bits per heavy atom. The van der Waals surface area contributed by atoms with Crippen molar-refractivity contribution in [3.05, 3.63) is 66.0 Å². The monoisotopic (exact) mass is 455 g/mol. The molecule has 1 aliphatic heterocycles. The quantitative estimate of drug-likeness (QED) is 0.168. The fourth-order valence-electron chi connectivity index (χ4n) is 3.43. The number of methoxy groups -OCH3 is 1. The number of amides is 1. The Morgan fingerprint density at radius 2 is 2.00 bits per heavy atom. The molecule has 1 amide bonds. The highest BCUT2D eigenvalue weighted by molar-refractivity contribution is 5.82. The maximum absolute atomic E-state index is 14.3. The van der Waals surface area contributed by atoms with Gasteiger partial charge in [-0.25, -0.2) is 9.18 Å². The second kappa shape index (κ2) is 13.9. The Morgan fingerprint density at radius 1 is 1.24 bits per heavy atom. The predicted molar refractivity (Wildman–Crippen MR) is 123 cm³/mol. The molecule has 0 aromatic heterocycles. The smallest absolute Gasteiger partial charge is 0.331 e. The summed E-state index contributed by atoms with van der Waals surface area (Å²) in [6.45, 7) is 7.36. The number of hydrogen-bond acceptors (Lipinski definition) is 6. The van der Waals surface area contributed by atoms with Crippen LogP contribution < -0.4 is 4.74 Å². The summed E-state index contributed by atoms with van der Waals surface area (Å²) in [4.78, 5) is 28.0. The van der Waals surface area contributed by atoms with Gasteiger partial charge in [0.25, 0.3) is 0 Å². The van der Waals surface area contributed by atoms with Crippen molar-refractivity contribution in [3.8, 4) is 11.8 Å². The molecule has 0 radical (unpaired) electrons. The molecule has 0 aliphatic carbocycles. The number of nitriles is 1. The topological polar surface area (TPSA) is 82.9 Å². The Bertz CT molecular complexity index is 928. The second-order valence-electron chi connectivity index (χ2n) is 7.49. The summed E-state index contributed by atoms with van der Waals surface area (Å²) in [7, 11) is 1.41. The lowest BCUT2D eigenvalue weighted by Gasteiger charge is -2.34. The minimum absolute atomic E-state index is 0.0628. The lowest BCUT2D eigenvalue weighted by atomic mass is 10.1. The van der Waals surface area contributed by atoms with Crippen molar-refractivity contribution >= 4 is 11.9 Å². The van der Waals surface area contributed by atoms with E-state index in [1.807, 2.05) is 18.2 Å². The van der Waals surface area contributed by atoms with E-state index < -0.39 is 11.8 Å². The first-order valence-corrected chi connectivity index (χ1v) is 10.9. The van der Waals surface area contributed by atoms with Gasteiger partial charge < -0.3 is 14.4 Å². The molecule has 1 saturated heterocycles. The van der Waals surface area contributed by atoms with E-state index in [4.69, 9.17) is 14.7 Å². The first-order chi connectivity index (χ1) is 16.0. The molecule has 8 heteroatoms. The normalized spacial score (nSPS) is 14.4. The number of ether oxygens (including phenoxy) is 2. The summed E-state index contributed by atoms with van der Waals surface area (Å²) in [5.41, 5.74) is 0.337. The van der Waals surface area contributed by atoms with Gasteiger partial charge >= 0.3 is 5.97 Å². The summed E-state index contributed by atoms with van der Waals surface area (Å²) in [6, 6.07) is 4.42. The van der Waals surface area contributed by atoms with Crippen LogP contribution >= 0.6 is 0 Å². The van der Waals surface area contributed by atoms with Gasteiger partial charge in [0, 0.05) is 37.8 Å². The molecule has 176 valence electrons. The molecular formula is C25H30FN3O4. The van der Waals surface area contributed by atoms with Crippen LogP contribution in [0.1, 0.15) is 24.0 Å². The van der Waals surface area contributed by atoms with Crippen LogP contribution in [0.25, 0.3) is 0 Å². The van der Waals surface area contributed by atoms with Gasteiger partial charge in [0.2, 0.25) is 5.91 Å². The van der Waals surface area contributed by atoms with Gasteiger partial charge in [-0.05, 0) is 31.5 Å². The van der Waals surface area contributed by atoms with Gasteiger partial charge in [0.05, 0.1) is 19.1 Å². The van der Waals surface area contributed by atoms with Crippen LogP contribution in [0.2, 0.25) is 0 Å². The first-order valence-electron chi connectivity index (χ1n) is 10.9. The van der Waals surface area contributed by atoms with Crippen molar-refractivity contribution in [3.63, 3.8) is 0 Å². The molecule has 1 aliphatic rings. The van der Waals surface area contributed by atoms with Crippen LogP contribution in [0.5, 0.6) is 5.75 Å². The molecule has 1 aromatic rings. The van der Waals surface area contributed by atoms with Gasteiger partial charge in [0.15, 0.2) is 0 Å². The number of allylic oxidation sites excluding steroid dienone is 3. The van der Waals surface area contributed by atoms with Gasteiger partial charge in [0.1, 0.15) is 24.2 Å². The van der Waals surface area contributed by atoms with E-state index in [0.29, 0.717) is 13.1 Å². The minimum Gasteiger partial charge on any atom is -0.495 e. The maximum Gasteiger partial charge on any atom is 0.331 e. The number of carbonyl (C=O) groups is 2. The zero-order valence-electron chi connectivity index (χ0n) is 19.0. The van der Waals surface area contributed by atoms with E-state index in [1.165, 1.54) is 31.4 Å². The molecule has 0 unspecified atom stereocenters. The number of halogens is 1. The molecular weight excluding hydrogens is 425 g/mol. The van der Waals surface area contributed by atoms with Crippen LogP contribution in [-0.2, 0) is 20.7 Å². The second-order valence-corrected chi connectivity index (χ2v) is 7.49. The van der Waals surface area contributed by atoms with Crippen molar-refractivity contribution in [2.24, 2.45) is 0 Å². The largest absolute Gasteiger partial charge is 0.495 e. The van der Waals surface area contributed by atoms with E-state index in [-0.39, 0.29) is 35.8 Å². The van der Waals surface area contributed by atoms with Crippen molar-refractivity contribution < 1.29 is 23.5 Å². The Labute approximate surface area is 194 Å². The number of unbranched alkanes of at least 4 members (excludes halogenated alkanes) is 1. The van der Waals surface area contributed by atoms with Crippen LogP contribution in [0.3, 0.4) is 0 Å². The van der Waals surface area contributed by atoms with Crippen LogP contribution in [0, 0.1) is 17.1 Å². The summed E-state index contributed by atoms with van der Waals surface area (Å²) in [5.74, 6) is -0.840. The molecule has 2 rings (SSSR count). The predicted octanol–water partition coefficient (Wildman–Crippen LogP) is 3.01. The zero-order chi connectivity index (χ0) is 24.1.